The van der Waals surface area contributed by atoms with Gasteiger partial charge in [0.15, 0.2) is 5.69 Å². The molecule has 1 aliphatic rings. The summed E-state index contributed by atoms with van der Waals surface area (Å²) in [4.78, 5) is 12.6. The van der Waals surface area contributed by atoms with Crippen molar-refractivity contribution < 1.29 is 13.9 Å². The fourth-order valence-electron chi connectivity index (χ4n) is 2.97. The second-order valence-corrected chi connectivity index (χ2v) is 7.21. The van der Waals surface area contributed by atoms with Crippen LogP contribution in [0.3, 0.4) is 0 Å². The van der Waals surface area contributed by atoms with E-state index >= 15 is 0 Å². The Morgan fingerprint density at radius 2 is 2.07 bits per heavy atom. The highest BCUT2D eigenvalue weighted by Crippen LogP contribution is 2.28. The van der Waals surface area contributed by atoms with Crippen molar-refractivity contribution in [2.24, 2.45) is 0 Å². The van der Waals surface area contributed by atoms with E-state index < -0.39 is 0 Å². The van der Waals surface area contributed by atoms with Gasteiger partial charge in [-0.15, -0.1) is 5.10 Å². The lowest BCUT2D eigenvalue weighted by atomic mass is 10.1. The minimum Gasteiger partial charge on any atom is -0.365 e. The molecule has 8 heteroatoms. The van der Waals surface area contributed by atoms with Gasteiger partial charge in [-0.3, -0.25) is 4.79 Å². The molecule has 1 aromatic heterocycles. The van der Waals surface area contributed by atoms with Crippen molar-refractivity contribution >= 4 is 27.5 Å². The molecule has 138 valence electrons. The number of carbonyl (C=O) groups excluding carboxylic acids is 1. The summed E-state index contributed by atoms with van der Waals surface area (Å²) in [5.41, 5.74) is 3.45. The van der Waals surface area contributed by atoms with E-state index in [1.54, 1.807) is 16.8 Å². The fraction of sp³-hybridized carbons (Fsp3) is 0.211. The molecule has 0 unspecified atom stereocenters. The summed E-state index contributed by atoms with van der Waals surface area (Å²) in [6.45, 7) is 2.59. The maximum atomic E-state index is 13.1. The van der Waals surface area contributed by atoms with Crippen LogP contribution in [-0.4, -0.2) is 20.9 Å². The molecule has 0 radical (unpaired) electrons. The molecule has 2 heterocycles. The lowest BCUT2D eigenvalue weighted by molar-refractivity contribution is -0.00174. The second kappa shape index (κ2) is 7.21. The highest BCUT2D eigenvalue weighted by Gasteiger charge is 2.28. The number of amides is 1. The van der Waals surface area contributed by atoms with Gasteiger partial charge in [0.25, 0.3) is 5.91 Å². The normalized spacial score (nSPS) is 16.0. The Morgan fingerprint density at radius 3 is 2.81 bits per heavy atom. The van der Waals surface area contributed by atoms with Crippen LogP contribution in [0.5, 0.6) is 0 Å². The first-order valence-electron chi connectivity index (χ1n) is 8.38. The van der Waals surface area contributed by atoms with Crippen molar-refractivity contribution in [1.29, 1.82) is 0 Å². The van der Waals surface area contributed by atoms with Gasteiger partial charge in [0.1, 0.15) is 11.9 Å². The third-order valence-electron chi connectivity index (χ3n) is 4.43. The van der Waals surface area contributed by atoms with Gasteiger partial charge in [-0.2, -0.15) is 0 Å². The molecule has 0 aliphatic carbocycles. The second-order valence-electron chi connectivity index (χ2n) is 6.36. The number of rotatable bonds is 3. The van der Waals surface area contributed by atoms with Crippen LogP contribution in [0.1, 0.15) is 33.4 Å². The number of aryl methyl sites for hydroxylation is 1. The average molecular weight is 431 g/mol. The largest absolute Gasteiger partial charge is 0.365 e. The summed E-state index contributed by atoms with van der Waals surface area (Å²) in [6, 6.07) is 11.8. The molecule has 27 heavy (non-hydrogen) atoms. The first-order valence-corrected chi connectivity index (χ1v) is 9.17. The molecule has 6 nitrogen and oxygen atoms in total. The maximum absolute atomic E-state index is 13.1. The number of hydrogen-bond donors (Lipinski definition) is 1. The SMILES string of the molecule is Cc1ccc(NC(=O)c2nnn3c2CO[C@H](c2ccc(F)cc2)C3)c(Br)c1. The summed E-state index contributed by atoms with van der Waals surface area (Å²) in [5, 5.41) is 11.0. The number of hydrogen-bond acceptors (Lipinski definition) is 4. The molecule has 1 N–H and O–H groups in total. The topological polar surface area (TPSA) is 69.0 Å². The van der Waals surface area contributed by atoms with Crippen LogP contribution in [0.2, 0.25) is 0 Å². The lowest BCUT2D eigenvalue weighted by Crippen LogP contribution is -2.24. The zero-order valence-electron chi connectivity index (χ0n) is 14.4. The van der Waals surface area contributed by atoms with E-state index in [-0.39, 0.29) is 30.1 Å². The van der Waals surface area contributed by atoms with E-state index in [0.717, 1.165) is 15.6 Å². The summed E-state index contributed by atoms with van der Waals surface area (Å²) >= 11 is 3.45. The van der Waals surface area contributed by atoms with Crippen LogP contribution >= 0.6 is 15.9 Å². The van der Waals surface area contributed by atoms with E-state index in [1.807, 2.05) is 25.1 Å². The molecule has 0 fully saturated rings. The Labute approximate surface area is 163 Å². The number of carbonyl (C=O) groups is 1. The van der Waals surface area contributed by atoms with Crippen molar-refractivity contribution in [3.05, 3.63) is 75.3 Å². The van der Waals surface area contributed by atoms with Crippen LogP contribution in [0.15, 0.2) is 46.9 Å². The standard InChI is InChI=1S/C19H16BrFN4O2/c1-11-2-7-15(14(20)8-11)22-19(26)18-16-10-27-17(9-25(16)24-23-18)12-3-5-13(21)6-4-12/h2-8,17H,9-10H2,1H3,(H,22,26)/t17-/m0/s1. The first kappa shape index (κ1) is 17.8. The zero-order chi connectivity index (χ0) is 19.0. The van der Waals surface area contributed by atoms with Crippen LogP contribution in [-0.2, 0) is 17.9 Å². The molecular weight excluding hydrogens is 415 g/mol. The van der Waals surface area contributed by atoms with Crippen LogP contribution < -0.4 is 5.32 Å². The summed E-state index contributed by atoms with van der Waals surface area (Å²) < 4.78 is 21.4. The number of ether oxygens (including phenoxy) is 1. The Hall–Kier alpha value is -2.58. The summed E-state index contributed by atoms with van der Waals surface area (Å²) in [5.74, 6) is -0.637. The molecule has 0 bridgehead atoms. The third-order valence-corrected chi connectivity index (χ3v) is 5.08. The van der Waals surface area contributed by atoms with Crippen molar-refractivity contribution in [2.45, 2.75) is 26.2 Å². The fourth-order valence-corrected chi connectivity index (χ4v) is 3.56. The van der Waals surface area contributed by atoms with Gasteiger partial charge in [-0.25, -0.2) is 9.07 Å². The van der Waals surface area contributed by atoms with Crippen molar-refractivity contribution in [2.75, 3.05) is 5.32 Å². The van der Waals surface area contributed by atoms with Gasteiger partial charge >= 0.3 is 0 Å². The van der Waals surface area contributed by atoms with Gasteiger partial charge in [-0.05, 0) is 58.2 Å². The third kappa shape index (κ3) is 3.63. The monoisotopic (exact) mass is 430 g/mol. The highest BCUT2D eigenvalue weighted by molar-refractivity contribution is 9.10. The molecule has 0 saturated heterocycles. The Morgan fingerprint density at radius 1 is 1.30 bits per heavy atom. The molecule has 0 spiro atoms. The number of nitrogens with zero attached hydrogens (tertiary/aromatic N) is 3. The van der Waals surface area contributed by atoms with Gasteiger partial charge in [0, 0.05) is 4.47 Å². The number of aromatic nitrogens is 3. The Bertz CT molecular complexity index is 1000. The van der Waals surface area contributed by atoms with Crippen LogP contribution in [0.4, 0.5) is 10.1 Å². The maximum Gasteiger partial charge on any atom is 0.278 e. The molecule has 3 aromatic rings. The summed E-state index contributed by atoms with van der Waals surface area (Å²) in [7, 11) is 0. The minimum atomic E-state index is -0.343. The summed E-state index contributed by atoms with van der Waals surface area (Å²) in [6.07, 6.45) is -0.262. The molecule has 2 aromatic carbocycles. The number of benzene rings is 2. The number of nitrogens with one attached hydrogen (secondary N) is 1. The Balaban J connectivity index is 1.52. The van der Waals surface area contributed by atoms with Crippen LogP contribution in [0.25, 0.3) is 0 Å². The van der Waals surface area contributed by atoms with Gasteiger partial charge < -0.3 is 10.1 Å². The van der Waals surface area contributed by atoms with E-state index in [1.165, 1.54) is 12.1 Å². The van der Waals surface area contributed by atoms with E-state index in [9.17, 15) is 9.18 Å². The quantitative estimate of drug-likeness (QED) is 0.681. The van der Waals surface area contributed by atoms with Gasteiger partial charge in [0.2, 0.25) is 0 Å². The smallest absolute Gasteiger partial charge is 0.278 e. The van der Waals surface area contributed by atoms with Crippen molar-refractivity contribution in [1.82, 2.24) is 15.0 Å². The molecule has 1 aliphatic heterocycles. The van der Waals surface area contributed by atoms with Gasteiger partial charge in [-0.1, -0.05) is 23.4 Å². The van der Waals surface area contributed by atoms with E-state index in [0.29, 0.717) is 17.9 Å². The number of halogens is 2. The number of anilines is 1. The van der Waals surface area contributed by atoms with Gasteiger partial charge in [0.05, 0.1) is 24.5 Å². The molecule has 4 rings (SSSR count). The molecular formula is C19H16BrFN4O2. The molecule has 0 saturated carbocycles. The minimum absolute atomic E-state index is 0.201. The van der Waals surface area contributed by atoms with Crippen molar-refractivity contribution in [3.63, 3.8) is 0 Å². The number of fused-ring (bicyclic) bond motifs is 1. The van der Waals surface area contributed by atoms with Crippen LogP contribution in [0, 0.1) is 12.7 Å². The predicted octanol–water partition coefficient (Wildman–Crippen LogP) is 4.01. The first-order chi connectivity index (χ1) is 13.0. The average Bonchev–Trinajstić information content (AvgIpc) is 3.08. The van der Waals surface area contributed by atoms with E-state index in [2.05, 4.69) is 31.6 Å². The predicted molar refractivity (Wildman–Crippen MR) is 101 cm³/mol. The zero-order valence-corrected chi connectivity index (χ0v) is 16.0. The van der Waals surface area contributed by atoms with E-state index in [4.69, 9.17) is 4.74 Å². The highest BCUT2D eigenvalue weighted by atomic mass is 79.9. The molecule has 1 atom stereocenters. The molecule has 1 amide bonds. The lowest BCUT2D eigenvalue weighted by Gasteiger charge is -2.24. The van der Waals surface area contributed by atoms with Crippen molar-refractivity contribution in [3.8, 4) is 0 Å². The Kier molecular flexibility index (Phi) is 4.75.